The number of aromatic nitrogens is 1. The number of carbonyl (C=O) groups is 2. The molecule has 2 N–H and O–H groups in total. The van der Waals surface area contributed by atoms with Crippen LogP contribution in [0.1, 0.15) is 19.5 Å². The van der Waals surface area contributed by atoms with E-state index in [1.165, 1.54) is 0 Å². The van der Waals surface area contributed by atoms with Crippen LogP contribution in [0.2, 0.25) is 0 Å². The molecule has 1 aromatic heterocycles. The second-order valence-corrected chi connectivity index (χ2v) is 4.71. The van der Waals surface area contributed by atoms with Gasteiger partial charge in [-0.25, -0.2) is 4.79 Å². The van der Waals surface area contributed by atoms with Gasteiger partial charge in [-0.15, -0.1) is 0 Å². The summed E-state index contributed by atoms with van der Waals surface area (Å²) in [4.78, 5) is 28.0. The highest BCUT2D eigenvalue weighted by Crippen LogP contribution is 1.96. The highest BCUT2D eigenvalue weighted by atomic mass is 16.2. The third-order valence-corrected chi connectivity index (χ3v) is 2.68. The van der Waals surface area contributed by atoms with Gasteiger partial charge in [-0.2, -0.15) is 0 Å². The van der Waals surface area contributed by atoms with E-state index < -0.39 is 0 Å². The summed E-state index contributed by atoms with van der Waals surface area (Å²) in [7, 11) is 0. The van der Waals surface area contributed by atoms with Gasteiger partial charge in [-0.1, -0.05) is 19.9 Å². The van der Waals surface area contributed by atoms with Crippen LogP contribution in [0, 0.1) is 0 Å². The highest BCUT2D eigenvalue weighted by Gasteiger charge is 2.11. The molecule has 0 aliphatic carbocycles. The Bertz CT molecular complexity index is 409. The highest BCUT2D eigenvalue weighted by molar-refractivity contribution is 5.84. The molecule has 0 saturated carbocycles. The van der Waals surface area contributed by atoms with Gasteiger partial charge in [-0.05, 0) is 12.1 Å². The number of nitrogens with one attached hydrogen (secondary N) is 2. The van der Waals surface area contributed by atoms with Gasteiger partial charge in [0.05, 0.1) is 0 Å². The van der Waals surface area contributed by atoms with E-state index >= 15 is 0 Å². The Labute approximate surface area is 119 Å². The topological polar surface area (TPSA) is 74.3 Å². The van der Waals surface area contributed by atoms with E-state index in [1.807, 2.05) is 32.0 Å². The lowest BCUT2D eigenvalue weighted by Crippen LogP contribution is -2.43. The van der Waals surface area contributed by atoms with Crippen molar-refractivity contribution in [3.8, 4) is 0 Å². The van der Waals surface area contributed by atoms with Crippen molar-refractivity contribution in [2.75, 3.05) is 19.6 Å². The third kappa shape index (κ3) is 6.29. The van der Waals surface area contributed by atoms with Crippen molar-refractivity contribution in [2.45, 2.75) is 26.3 Å². The molecule has 1 aromatic rings. The van der Waals surface area contributed by atoms with Crippen LogP contribution in [-0.4, -0.2) is 48.0 Å². The number of rotatable bonds is 8. The Morgan fingerprint density at radius 1 is 1.40 bits per heavy atom. The number of nitrogens with zero attached hydrogens (tertiary/aromatic N) is 2. The molecule has 0 spiro atoms. The minimum Gasteiger partial charge on any atom is -0.336 e. The van der Waals surface area contributed by atoms with E-state index in [2.05, 4.69) is 15.6 Å². The van der Waals surface area contributed by atoms with Crippen molar-refractivity contribution in [3.05, 3.63) is 30.1 Å². The van der Waals surface area contributed by atoms with E-state index in [4.69, 9.17) is 0 Å². The number of imide groups is 1. The lowest BCUT2D eigenvalue weighted by atomic mass is 10.2. The molecule has 0 atom stereocenters. The number of hydrogen-bond acceptors (Lipinski definition) is 4. The average molecular weight is 278 g/mol. The first-order valence-corrected chi connectivity index (χ1v) is 6.76. The van der Waals surface area contributed by atoms with Crippen LogP contribution in [-0.2, 0) is 11.2 Å². The summed E-state index contributed by atoms with van der Waals surface area (Å²) in [6, 6.07) is 5.58. The van der Waals surface area contributed by atoms with E-state index in [0.717, 1.165) is 10.6 Å². The number of carbonyl (C=O) groups excluding carboxylic acids is 2. The molecular weight excluding hydrogens is 256 g/mol. The minimum absolute atomic E-state index is 0.323. The largest absolute Gasteiger partial charge is 0.336 e. The van der Waals surface area contributed by atoms with Crippen molar-refractivity contribution in [1.82, 2.24) is 20.5 Å². The molecule has 0 unspecified atom stereocenters. The number of amides is 3. The Balaban J connectivity index is 2.30. The van der Waals surface area contributed by atoms with Crippen molar-refractivity contribution in [2.24, 2.45) is 0 Å². The van der Waals surface area contributed by atoms with Gasteiger partial charge in [-0.3, -0.25) is 14.7 Å². The summed E-state index contributed by atoms with van der Waals surface area (Å²) in [6.45, 7) is 5.56. The molecular formula is C14H22N4O2. The zero-order valence-corrected chi connectivity index (χ0v) is 12.0. The first kappa shape index (κ1) is 16.1. The fourth-order valence-corrected chi connectivity index (χ4v) is 1.61. The minimum atomic E-state index is -0.374. The average Bonchev–Trinajstić information content (AvgIpc) is 2.45. The summed E-state index contributed by atoms with van der Waals surface area (Å²) < 4.78 is 0. The maximum absolute atomic E-state index is 11.8. The second kappa shape index (κ2) is 9.03. The summed E-state index contributed by atoms with van der Waals surface area (Å²) in [6.07, 6.45) is 2.80. The molecule has 20 heavy (non-hydrogen) atoms. The molecule has 0 saturated heterocycles. The number of urea groups is 1. The van der Waals surface area contributed by atoms with Crippen molar-refractivity contribution < 1.29 is 9.59 Å². The first-order valence-electron chi connectivity index (χ1n) is 6.76. The van der Waals surface area contributed by atoms with E-state index in [1.54, 1.807) is 6.20 Å². The molecule has 3 amide bonds. The summed E-state index contributed by atoms with van der Waals surface area (Å²) in [5.41, 5.74) is 0.855. The van der Waals surface area contributed by atoms with Crippen LogP contribution < -0.4 is 10.6 Å². The smallest absolute Gasteiger partial charge is 0.323 e. The van der Waals surface area contributed by atoms with E-state index in [0.29, 0.717) is 38.5 Å². The van der Waals surface area contributed by atoms with Crippen molar-refractivity contribution >= 4 is 12.4 Å². The summed E-state index contributed by atoms with van der Waals surface area (Å²) in [5.74, 6) is 0. The molecule has 110 valence electrons. The van der Waals surface area contributed by atoms with Gasteiger partial charge in [0, 0.05) is 44.0 Å². The van der Waals surface area contributed by atoms with Crippen LogP contribution in [0.3, 0.4) is 0 Å². The van der Waals surface area contributed by atoms with Crippen LogP contribution in [0.5, 0.6) is 0 Å². The molecule has 0 aliphatic rings. The first-order chi connectivity index (χ1) is 9.63. The number of hydrogen-bond donors (Lipinski definition) is 2. The number of pyridine rings is 1. The predicted octanol–water partition coefficient (Wildman–Crippen LogP) is 0.790. The molecule has 0 aliphatic heterocycles. The van der Waals surface area contributed by atoms with Gasteiger partial charge in [0.1, 0.15) is 0 Å². The Kier molecular flexibility index (Phi) is 7.27. The standard InChI is InChI=1S/C14H22N4O2/c1-12(2)15-8-9-17-14(20)18(11-19)10-6-13-5-3-4-7-16-13/h3-5,7,11-12,15H,6,8-10H2,1-2H3,(H,17,20). The maximum Gasteiger partial charge on any atom is 0.323 e. The second-order valence-electron chi connectivity index (χ2n) is 4.71. The monoisotopic (exact) mass is 278 g/mol. The fraction of sp³-hybridized carbons (Fsp3) is 0.500. The molecule has 0 bridgehead atoms. The molecule has 0 aromatic carbocycles. The van der Waals surface area contributed by atoms with Crippen molar-refractivity contribution in [1.29, 1.82) is 0 Å². The van der Waals surface area contributed by atoms with Gasteiger partial charge < -0.3 is 10.6 Å². The molecule has 0 fully saturated rings. The fourth-order valence-electron chi connectivity index (χ4n) is 1.61. The van der Waals surface area contributed by atoms with Gasteiger partial charge in [0.15, 0.2) is 0 Å². The van der Waals surface area contributed by atoms with Crippen LogP contribution >= 0.6 is 0 Å². The van der Waals surface area contributed by atoms with Gasteiger partial charge in [0.2, 0.25) is 6.41 Å². The van der Waals surface area contributed by atoms with Gasteiger partial charge >= 0.3 is 6.03 Å². The zero-order valence-electron chi connectivity index (χ0n) is 12.0. The Hall–Kier alpha value is -1.95. The van der Waals surface area contributed by atoms with Gasteiger partial charge in [0.25, 0.3) is 0 Å². The van der Waals surface area contributed by atoms with Crippen LogP contribution in [0.15, 0.2) is 24.4 Å². The Morgan fingerprint density at radius 3 is 2.80 bits per heavy atom. The van der Waals surface area contributed by atoms with Crippen LogP contribution in [0.4, 0.5) is 4.79 Å². The quantitative estimate of drug-likeness (QED) is 0.544. The molecule has 1 heterocycles. The summed E-state index contributed by atoms with van der Waals surface area (Å²) >= 11 is 0. The van der Waals surface area contributed by atoms with Crippen LogP contribution in [0.25, 0.3) is 0 Å². The summed E-state index contributed by atoms with van der Waals surface area (Å²) in [5, 5.41) is 5.88. The predicted molar refractivity (Wildman–Crippen MR) is 77.2 cm³/mol. The van der Waals surface area contributed by atoms with Crippen molar-refractivity contribution in [3.63, 3.8) is 0 Å². The van der Waals surface area contributed by atoms with E-state index in [-0.39, 0.29) is 6.03 Å². The Morgan fingerprint density at radius 2 is 2.20 bits per heavy atom. The van der Waals surface area contributed by atoms with E-state index in [9.17, 15) is 9.59 Å². The maximum atomic E-state index is 11.8. The normalized spacial score (nSPS) is 10.3. The lowest BCUT2D eigenvalue weighted by molar-refractivity contribution is -0.115. The molecule has 6 nitrogen and oxygen atoms in total. The third-order valence-electron chi connectivity index (χ3n) is 2.68. The SMILES string of the molecule is CC(C)NCCNC(=O)N(C=O)CCc1ccccn1. The molecule has 0 radical (unpaired) electrons. The molecule has 1 rings (SSSR count). The zero-order chi connectivity index (χ0) is 14.8. The molecule has 6 heteroatoms. The lowest BCUT2D eigenvalue weighted by Gasteiger charge is -2.16.